The van der Waals surface area contributed by atoms with Crippen molar-refractivity contribution < 1.29 is 9.50 Å². The molecule has 0 radical (unpaired) electrons. The molecule has 0 spiro atoms. The fourth-order valence-electron chi connectivity index (χ4n) is 2.62. The zero-order valence-electron chi connectivity index (χ0n) is 9.83. The van der Waals surface area contributed by atoms with E-state index in [9.17, 15) is 9.50 Å². The first kappa shape index (κ1) is 13.0. The Morgan fingerprint density at radius 2 is 1.82 bits per heavy atom. The van der Waals surface area contributed by atoms with Gasteiger partial charge in [0.05, 0.1) is 6.10 Å². The summed E-state index contributed by atoms with van der Waals surface area (Å²) in [5.41, 5.74) is 0.436. The van der Waals surface area contributed by atoms with Gasteiger partial charge < -0.3 is 5.11 Å². The Kier molecular flexibility index (Phi) is 4.57. The molecule has 1 unspecified atom stereocenters. The standard InChI is InChI=1S/C14H18BrFO/c15-11-7-8-13(16)12(9-11)14(17)10-5-3-1-2-4-6-10/h7-10,14,17H,1-6H2. The van der Waals surface area contributed by atoms with Crippen LogP contribution in [0, 0.1) is 11.7 Å². The van der Waals surface area contributed by atoms with Crippen molar-refractivity contribution in [2.45, 2.75) is 44.6 Å². The zero-order chi connectivity index (χ0) is 12.3. The molecule has 0 heterocycles. The second-order valence-corrected chi connectivity index (χ2v) is 5.78. The first-order valence-electron chi connectivity index (χ1n) is 6.31. The van der Waals surface area contributed by atoms with Crippen LogP contribution in [0.5, 0.6) is 0 Å². The third-order valence-electron chi connectivity index (χ3n) is 3.62. The van der Waals surface area contributed by atoms with Crippen molar-refractivity contribution in [1.29, 1.82) is 0 Å². The zero-order valence-corrected chi connectivity index (χ0v) is 11.4. The smallest absolute Gasteiger partial charge is 0.129 e. The van der Waals surface area contributed by atoms with E-state index in [2.05, 4.69) is 15.9 Å². The van der Waals surface area contributed by atoms with Crippen molar-refractivity contribution in [2.24, 2.45) is 5.92 Å². The number of hydrogen-bond donors (Lipinski definition) is 1. The van der Waals surface area contributed by atoms with Gasteiger partial charge in [-0.1, -0.05) is 41.6 Å². The molecule has 0 saturated heterocycles. The number of hydrogen-bond acceptors (Lipinski definition) is 1. The predicted octanol–water partition coefficient (Wildman–Crippen LogP) is 4.59. The summed E-state index contributed by atoms with van der Waals surface area (Å²) < 4.78 is 14.5. The summed E-state index contributed by atoms with van der Waals surface area (Å²) in [6, 6.07) is 4.78. The second kappa shape index (κ2) is 5.96. The van der Waals surface area contributed by atoms with Gasteiger partial charge in [-0.15, -0.1) is 0 Å². The van der Waals surface area contributed by atoms with Gasteiger partial charge in [-0.05, 0) is 37.0 Å². The lowest BCUT2D eigenvalue weighted by molar-refractivity contribution is 0.0952. The number of aliphatic hydroxyl groups excluding tert-OH is 1. The largest absolute Gasteiger partial charge is 0.388 e. The molecule has 1 saturated carbocycles. The van der Waals surface area contributed by atoms with E-state index in [0.717, 1.165) is 30.2 Å². The van der Waals surface area contributed by atoms with Crippen LogP contribution in [0.4, 0.5) is 4.39 Å². The maximum Gasteiger partial charge on any atom is 0.129 e. The Labute approximate surface area is 110 Å². The minimum atomic E-state index is -0.661. The van der Waals surface area contributed by atoms with Crippen LogP contribution < -0.4 is 0 Å². The number of benzene rings is 1. The van der Waals surface area contributed by atoms with Crippen LogP contribution in [0.3, 0.4) is 0 Å². The average Bonchev–Trinajstić information content (AvgIpc) is 2.60. The molecule has 1 aliphatic carbocycles. The van der Waals surface area contributed by atoms with Gasteiger partial charge in [0.1, 0.15) is 5.82 Å². The van der Waals surface area contributed by atoms with Crippen LogP contribution in [0.2, 0.25) is 0 Å². The molecule has 1 N–H and O–H groups in total. The average molecular weight is 301 g/mol. The number of halogens is 2. The molecule has 2 rings (SSSR count). The third-order valence-corrected chi connectivity index (χ3v) is 4.12. The van der Waals surface area contributed by atoms with Crippen molar-refractivity contribution >= 4 is 15.9 Å². The van der Waals surface area contributed by atoms with Gasteiger partial charge >= 0.3 is 0 Å². The molecule has 17 heavy (non-hydrogen) atoms. The molecule has 1 aromatic carbocycles. The van der Waals surface area contributed by atoms with Gasteiger partial charge in [0.25, 0.3) is 0 Å². The second-order valence-electron chi connectivity index (χ2n) is 4.86. The van der Waals surface area contributed by atoms with Crippen molar-refractivity contribution in [1.82, 2.24) is 0 Å². The number of rotatable bonds is 2. The van der Waals surface area contributed by atoms with Crippen molar-refractivity contribution in [2.75, 3.05) is 0 Å². The van der Waals surface area contributed by atoms with Gasteiger partial charge in [-0.2, -0.15) is 0 Å². The lowest BCUT2D eigenvalue weighted by Crippen LogP contribution is -2.13. The van der Waals surface area contributed by atoms with Gasteiger partial charge in [-0.3, -0.25) is 0 Å². The summed E-state index contributed by atoms with van der Waals surface area (Å²) in [6.45, 7) is 0. The Bertz CT molecular complexity index is 372. The summed E-state index contributed by atoms with van der Waals surface area (Å²) in [4.78, 5) is 0. The molecule has 0 bridgehead atoms. The molecule has 0 amide bonds. The lowest BCUT2D eigenvalue weighted by atomic mass is 9.89. The van der Waals surface area contributed by atoms with Gasteiger partial charge in [0.2, 0.25) is 0 Å². The number of aliphatic hydroxyl groups is 1. The van der Waals surface area contributed by atoms with Crippen LogP contribution in [0.15, 0.2) is 22.7 Å². The molecule has 1 atom stereocenters. The normalized spacial score (nSPS) is 19.9. The molecule has 1 aliphatic rings. The Hall–Kier alpha value is -0.410. The van der Waals surface area contributed by atoms with Crippen LogP contribution in [-0.4, -0.2) is 5.11 Å². The van der Waals surface area contributed by atoms with E-state index in [0.29, 0.717) is 5.56 Å². The quantitative estimate of drug-likeness (QED) is 0.792. The topological polar surface area (TPSA) is 20.2 Å². The van der Waals surface area contributed by atoms with Crippen molar-refractivity contribution in [3.63, 3.8) is 0 Å². The van der Waals surface area contributed by atoms with E-state index in [1.165, 1.54) is 18.9 Å². The summed E-state index contributed by atoms with van der Waals surface area (Å²) in [7, 11) is 0. The van der Waals surface area contributed by atoms with E-state index in [1.807, 2.05) is 0 Å². The van der Waals surface area contributed by atoms with E-state index < -0.39 is 6.10 Å². The molecule has 0 aliphatic heterocycles. The van der Waals surface area contributed by atoms with E-state index >= 15 is 0 Å². The van der Waals surface area contributed by atoms with Gasteiger partial charge in [-0.25, -0.2) is 4.39 Å². The van der Waals surface area contributed by atoms with Crippen LogP contribution in [-0.2, 0) is 0 Å². The minimum absolute atomic E-state index is 0.210. The van der Waals surface area contributed by atoms with Crippen molar-refractivity contribution in [3.8, 4) is 0 Å². The monoisotopic (exact) mass is 300 g/mol. The lowest BCUT2D eigenvalue weighted by Gasteiger charge is -2.22. The first-order chi connectivity index (χ1) is 8.18. The summed E-state index contributed by atoms with van der Waals surface area (Å²) in [5.74, 6) is -0.0914. The molecule has 1 fully saturated rings. The fraction of sp³-hybridized carbons (Fsp3) is 0.571. The van der Waals surface area contributed by atoms with E-state index in [-0.39, 0.29) is 11.7 Å². The highest BCUT2D eigenvalue weighted by atomic mass is 79.9. The summed E-state index contributed by atoms with van der Waals surface area (Å²) in [5, 5.41) is 10.3. The van der Waals surface area contributed by atoms with Crippen molar-refractivity contribution in [3.05, 3.63) is 34.1 Å². The highest BCUT2D eigenvalue weighted by Crippen LogP contribution is 2.35. The molecule has 3 heteroatoms. The minimum Gasteiger partial charge on any atom is -0.388 e. The fourth-order valence-corrected chi connectivity index (χ4v) is 3.00. The molecule has 1 aromatic rings. The first-order valence-corrected chi connectivity index (χ1v) is 7.11. The van der Waals surface area contributed by atoms with Crippen LogP contribution in [0.25, 0.3) is 0 Å². The summed E-state index contributed by atoms with van der Waals surface area (Å²) in [6.07, 6.45) is 6.13. The van der Waals surface area contributed by atoms with E-state index in [1.54, 1.807) is 12.1 Å². The maximum absolute atomic E-state index is 13.7. The highest BCUT2D eigenvalue weighted by Gasteiger charge is 2.24. The Morgan fingerprint density at radius 3 is 2.47 bits per heavy atom. The molecular weight excluding hydrogens is 283 g/mol. The molecule has 1 nitrogen and oxygen atoms in total. The molecular formula is C14H18BrFO. The Balaban J connectivity index is 2.16. The highest BCUT2D eigenvalue weighted by molar-refractivity contribution is 9.10. The van der Waals surface area contributed by atoms with Gasteiger partial charge in [0.15, 0.2) is 0 Å². The Morgan fingerprint density at radius 1 is 1.18 bits per heavy atom. The predicted molar refractivity (Wildman–Crippen MR) is 70.3 cm³/mol. The van der Waals surface area contributed by atoms with Crippen LogP contribution >= 0.6 is 15.9 Å². The van der Waals surface area contributed by atoms with E-state index in [4.69, 9.17) is 0 Å². The SMILES string of the molecule is OC(c1cc(Br)ccc1F)C1CCCCCC1. The molecule has 94 valence electrons. The van der Waals surface area contributed by atoms with Gasteiger partial charge in [0, 0.05) is 10.0 Å². The van der Waals surface area contributed by atoms with Crippen LogP contribution in [0.1, 0.15) is 50.2 Å². The third kappa shape index (κ3) is 3.29. The summed E-state index contributed by atoms with van der Waals surface area (Å²) >= 11 is 3.33. The maximum atomic E-state index is 13.7. The molecule has 0 aromatic heterocycles.